The fourth-order valence-electron chi connectivity index (χ4n) is 2.95. The second-order valence-electron chi connectivity index (χ2n) is 5.64. The standard InChI is InChI=1S/C16H24N4/c1-10-6-11(2)14(12(3)7-10)8-16(18-17)15-9-20(5)19-13(15)4/h6-7,9,16,18H,8,17H2,1-5H3. The van der Waals surface area contributed by atoms with Gasteiger partial charge < -0.3 is 0 Å². The van der Waals surface area contributed by atoms with Gasteiger partial charge in [-0.2, -0.15) is 5.10 Å². The van der Waals surface area contributed by atoms with E-state index < -0.39 is 0 Å². The van der Waals surface area contributed by atoms with E-state index in [1.165, 1.54) is 22.3 Å². The predicted octanol–water partition coefficient (Wildman–Crippen LogP) is 2.40. The first-order valence-electron chi connectivity index (χ1n) is 6.95. The fraction of sp³-hybridized carbons (Fsp3) is 0.438. The number of nitrogens with zero attached hydrogens (tertiary/aromatic N) is 2. The first-order chi connectivity index (χ1) is 9.42. The van der Waals surface area contributed by atoms with Gasteiger partial charge in [0.05, 0.1) is 11.7 Å². The number of hydrogen-bond acceptors (Lipinski definition) is 3. The van der Waals surface area contributed by atoms with Gasteiger partial charge in [0.25, 0.3) is 0 Å². The van der Waals surface area contributed by atoms with Gasteiger partial charge in [0, 0.05) is 18.8 Å². The molecule has 1 heterocycles. The molecular formula is C16H24N4. The molecule has 0 radical (unpaired) electrons. The quantitative estimate of drug-likeness (QED) is 0.664. The number of benzene rings is 1. The molecule has 3 N–H and O–H groups in total. The molecule has 1 atom stereocenters. The van der Waals surface area contributed by atoms with Gasteiger partial charge in [0.1, 0.15) is 0 Å². The van der Waals surface area contributed by atoms with Crippen LogP contribution in [0.5, 0.6) is 0 Å². The highest BCUT2D eigenvalue weighted by atomic mass is 15.3. The molecule has 4 nitrogen and oxygen atoms in total. The molecule has 0 aliphatic carbocycles. The van der Waals surface area contributed by atoms with Gasteiger partial charge in [-0.1, -0.05) is 17.7 Å². The molecule has 108 valence electrons. The van der Waals surface area contributed by atoms with E-state index >= 15 is 0 Å². The zero-order valence-electron chi connectivity index (χ0n) is 13.0. The molecule has 2 rings (SSSR count). The predicted molar refractivity (Wildman–Crippen MR) is 82.4 cm³/mol. The van der Waals surface area contributed by atoms with E-state index in [1.807, 2.05) is 24.9 Å². The lowest BCUT2D eigenvalue weighted by molar-refractivity contribution is 0.547. The first kappa shape index (κ1) is 14.8. The Morgan fingerprint density at radius 2 is 1.80 bits per heavy atom. The van der Waals surface area contributed by atoms with Crippen LogP contribution in [0.2, 0.25) is 0 Å². The average Bonchev–Trinajstić information content (AvgIpc) is 2.67. The van der Waals surface area contributed by atoms with Crippen molar-refractivity contribution in [3.05, 3.63) is 51.8 Å². The van der Waals surface area contributed by atoms with E-state index in [0.717, 1.165) is 17.7 Å². The maximum Gasteiger partial charge on any atom is 0.0642 e. The van der Waals surface area contributed by atoms with E-state index in [4.69, 9.17) is 5.84 Å². The third-order valence-corrected chi connectivity index (χ3v) is 3.88. The molecule has 1 aromatic carbocycles. The van der Waals surface area contributed by atoms with E-state index in [1.54, 1.807) is 0 Å². The van der Waals surface area contributed by atoms with E-state index in [0.29, 0.717) is 0 Å². The molecule has 1 aromatic heterocycles. The summed E-state index contributed by atoms with van der Waals surface area (Å²) in [6, 6.07) is 4.54. The maximum atomic E-state index is 5.77. The van der Waals surface area contributed by atoms with Gasteiger partial charge in [-0.3, -0.25) is 16.0 Å². The second kappa shape index (κ2) is 5.77. The molecule has 4 heteroatoms. The van der Waals surface area contributed by atoms with Crippen molar-refractivity contribution >= 4 is 0 Å². The molecule has 0 saturated carbocycles. The van der Waals surface area contributed by atoms with Gasteiger partial charge in [0.15, 0.2) is 0 Å². The van der Waals surface area contributed by atoms with Gasteiger partial charge in [-0.05, 0) is 50.8 Å². The summed E-state index contributed by atoms with van der Waals surface area (Å²) in [4.78, 5) is 0. The van der Waals surface area contributed by atoms with Crippen molar-refractivity contribution in [1.82, 2.24) is 15.2 Å². The van der Waals surface area contributed by atoms with E-state index in [2.05, 4.69) is 43.4 Å². The number of aromatic nitrogens is 2. The summed E-state index contributed by atoms with van der Waals surface area (Å²) in [5.41, 5.74) is 10.4. The third-order valence-electron chi connectivity index (χ3n) is 3.88. The van der Waals surface area contributed by atoms with Crippen LogP contribution in [0.4, 0.5) is 0 Å². The van der Waals surface area contributed by atoms with E-state index in [9.17, 15) is 0 Å². The molecule has 0 fully saturated rings. The highest BCUT2D eigenvalue weighted by Crippen LogP contribution is 2.25. The van der Waals surface area contributed by atoms with Gasteiger partial charge >= 0.3 is 0 Å². The number of nitrogens with two attached hydrogens (primary N) is 1. The molecular weight excluding hydrogens is 248 g/mol. The van der Waals surface area contributed by atoms with Crippen molar-refractivity contribution in [2.24, 2.45) is 12.9 Å². The number of hydrazine groups is 1. The fourth-order valence-corrected chi connectivity index (χ4v) is 2.95. The molecule has 0 bridgehead atoms. The van der Waals surface area contributed by atoms with Crippen molar-refractivity contribution in [3.63, 3.8) is 0 Å². The average molecular weight is 272 g/mol. The minimum absolute atomic E-state index is 0.0869. The number of hydrogen-bond donors (Lipinski definition) is 2. The van der Waals surface area contributed by atoms with Crippen LogP contribution in [0.3, 0.4) is 0 Å². The van der Waals surface area contributed by atoms with Crippen LogP contribution >= 0.6 is 0 Å². The number of aryl methyl sites for hydroxylation is 5. The lowest BCUT2D eigenvalue weighted by atomic mass is 9.92. The van der Waals surface area contributed by atoms with Crippen LogP contribution in [0.1, 0.15) is 39.6 Å². The van der Waals surface area contributed by atoms with Crippen LogP contribution in [0.25, 0.3) is 0 Å². The Morgan fingerprint density at radius 3 is 2.25 bits per heavy atom. The molecule has 0 aliphatic rings. The Bertz CT molecular complexity index is 590. The van der Waals surface area contributed by atoms with Gasteiger partial charge in [-0.25, -0.2) is 0 Å². The van der Waals surface area contributed by atoms with Crippen molar-refractivity contribution in [3.8, 4) is 0 Å². The summed E-state index contributed by atoms with van der Waals surface area (Å²) in [6.45, 7) is 8.49. The Labute approximate surface area is 121 Å². The first-order valence-corrected chi connectivity index (χ1v) is 6.95. The lowest BCUT2D eigenvalue weighted by Gasteiger charge is -2.19. The van der Waals surface area contributed by atoms with Crippen molar-refractivity contribution in [2.45, 2.75) is 40.2 Å². The summed E-state index contributed by atoms with van der Waals surface area (Å²) >= 11 is 0. The molecule has 0 amide bonds. The topological polar surface area (TPSA) is 55.9 Å². The molecule has 0 aliphatic heterocycles. The highest BCUT2D eigenvalue weighted by molar-refractivity contribution is 5.39. The van der Waals surface area contributed by atoms with Gasteiger partial charge in [0.2, 0.25) is 0 Å². The summed E-state index contributed by atoms with van der Waals surface area (Å²) in [7, 11) is 1.94. The zero-order valence-corrected chi connectivity index (χ0v) is 13.0. The SMILES string of the molecule is Cc1cc(C)c(CC(NN)c2cn(C)nc2C)c(C)c1. The summed E-state index contributed by atoms with van der Waals surface area (Å²) in [5.74, 6) is 5.77. The smallest absolute Gasteiger partial charge is 0.0642 e. The Hall–Kier alpha value is -1.65. The van der Waals surface area contributed by atoms with Crippen molar-refractivity contribution in [1.29, 1.82) is 0 Å². The molecule has 2 aromatic rings. The Balaban J connectivity index is 2.34. The third kappa shape index (κ3) is 2.92. The molecule has 0 spiro atoms. The molecule has 1 unspecified atom stereocenters. The van der Waals surface area contributed by atoms with Crippen LogP contribution < -0.4 is 11.3 Å². The van der Waals surface area contributed by atoms with Crippen LogP contribution in [0, 0.1) is 27.7 Å². The molecule has 0 saturated heterocycles. The lowest BCUT2D eigenvalue weighted by Crippen LogP contribution is -2.30. The van der Waals surface area contributed by atoms with Crippen LogP contribution in [-0.4, -0.2) is 9.78 Å². The highest BCUT2D eigenvalue weighted by Gasteiger charge is 2.17. The van der Waals surface area contributed by atoms with E-state index in [-0.39, 0.29) is 6.04 Å². The zero-order chi connectivity index (χ0) is 14.9. The minimum atomic E-state index is 0.0869. The summed E-state index contributed by atoms with van der Waals surface area (Å²) in [5, 5.41) is 4.40. The monoisotopic (exact) mass is 272 g/mol. The normalized spacial score (nSPS) is 12.7. The van der Waals surface area contributed by atoms with Crippen molar-refractivity contribution < 1.29 is 0 Å². The molecule has 20 heavy (non-hydrogen) atoms. The van der Waals surface area contributed by atoms with Crippen LogP contribution in [-0.2, 0) is 13.5 Å². The Morgan fingerprint density at radius 1 is 1.20 bits per heavy atom. The number of nitrogens with one attached hydrogen (secondary N) is 1. The minimum Gasteiger partial charge on any atom is -0.275 e. The van der Waals surface area contributed by atoms with Gasteiger partial charge in [-0.15, -0.1) is 0 Å². The largest absolute Gasteiger partial charge is 0.275 e. The van der Waals surface area contributed by atoms with Crippen molar-refractivity contribution in [2.75, 3.05) is 0 Å². The maximum absolute atomic E-state index is 5.77. The number of rotatable bonds is 4. The summed E-state index contributed by atoms with van der Waals surface area (Å²) in [6.07, 6.45) is 2.92. The van der Waals surface area contributed by atoms with Crippen LogP contribution in [0.15, 0.2) is 18.3 Å². The second-order valence-corrected chi connectivity index (χ2v) is 5.64. The summed E-state index contributed by atoms with van der Waals surface area (Å²) < 4.78 is 1.84. The Kier molecular flexibility index (Phi) is 4.26.